The number of fused-ring (bicyclic) bond motifs is 1. The summed E-state index contributed by atoms with van der Waals surface area (Å²) in [5.74, 6) is 1.28. The molecule has 0 aliphatic heterocycles. The van der Waals surface area contributed by atoms with Crippen LogP contribution in [0.5, 0.6) is 11.5 Å². The van der Waals surface area contributed by atoms with Gasteiger partial charge in [-0.1, -0.05) is 0 Å². The molecule has 7 nitrogen and oxygen atoms in total. The van der Waals surface area contributed by atoms with Crippen molar-refractivity contribution in [3.63, 3.8) is 0 Å². The van der Waals surface area contributed by atoms with Crippen molar-refractivity contribution < 1.29 is 9.84 Å². The molecule has 2 aromatic carbocycles. The molecule has 0 spiro atoms. The Kier molecular flexibility index (Phi) is 4.53. The topological polar surface area (TPSA) is 95.5 Å². The third-order valence-electron chi connectivity index (χ3n) is 4.73. The minimum absolute atomic E-state index is 0.318. The summed E-state index contributed by atoms with van der Waals surface area (Å²) in [6.45, 7) is 3.76. The highest BCUT2D eigenvalue weighted by atomic mass is 16.5. The van der Waals surface area contributed by atoms with Gasteiger partial charge < -0.3 is 15.2 Å². The van der Waals surface area contributed by atoms with Crippen molar-refractivity contribution in [1.29, 1.82) is 5.26 Å². The number of phenolic OH excluding ortho intramolecular Hbond substituents is 1. The second-order valence-electron chi connectivity index (χ2n) is 6.77. The molecule has 0 aliphatic rings. The van der Waals surface area contributed by atoms with Crippen LogP contribution in [-0.4, -0.2) is 26.8 Å². The van der Waals surface area contributed by atoms with E-state index in [-0.39, 0.29) is 0 Å². The van der Waals surface area contributed by atoms with Crippen molar-refractivity contribution in [3.05, 3.63) is 65.4 Å². The number of rotatable bonds is 4. The van der Waals surface area contributed by atoms with Gasteiger partial charge in [0.05, 0.1) is 24.4 Å². The van der Waals surface area contributed by atoms with E-state index in [0.717, 1.165) is 22.3 Å². The Morgan fingerprint density at radius 2 is 1.83 bits per heavy atom. The molecule has 0 saturated heterocycles. The lowest BCUT2D eigenvalue weighted by molar-refractivity contribution is 0.416. The highest BCUT2D eigenvalue weighted by Crippen LogP contribution is 2.30. The van der Waals surface area contributed by atoms with E-state index in [1.807, 2.05) is 44.3 Å². The molecule has 2 aromatic heterocycles. The highest BCUT2D eigenvalue weighted by Gasteiger charge is 2.11. The van der Waals surface area contributed by atoms with Gasteiger partial charge in [0.15, 0.2) is 5.65 Å². The van der Waals surface area contributed by atoms with Crippen LogP contribution in [0.15, 0.2) is 48.7 Å². The van der Waals surface area contributed by atoms with Crippen molar-refractivity contribution in [3.8, 4) is 28.7 Å². The van der Waals surface area contributed by atoms with Crippen molar-refractivity contribution in [1.82, 2.24) is 14.6 Å². The van der Waals surface area contributed by atoms with Crippen molar-refractivity contribution >= 4 is 17.3 Å². The predicted octanol–water partition coefficient (Wildman–Crippen LogP) is 4.34. The summed E-state index contributed by atoms with van der Waals surface area (Å²) in [7, 11) is 1.55. The van der Waals surface area contributed by atoms with Gasteiger partial charge in [-0.05, 0) is 66.9 Å². The van der Waals surface area contributed by atoms with Gasteiger partial charge >= 0.3 is 0 Å². The number of methoxy groups -OCH3 is 1. The standard InChI is InChI=1S/C22H19N5O2/c1-13-8-17(9-14(2)21(13)28)16-5-7-20-25-22(26-27(20)12-16)24-18-6-4-15(11-23)10-19(18)29-3/h4-10,12,28H,1-3H3,(H,24,26). The summed E-state index contributed by atoms with van der Waals surface area (Å²) in [5, 5.41) is 26.7. The van der Waals surface area contributed by atoms with Gasteiger partial charge in [0.2, 0.25) is 5.95 Å². The first-order valence-corrected chi connectivity index (χ1v) is 9.00. The highest BCUT2D eigenvalue weighted by molar-refractivity contribution is 5.69. The molecule has 2 heterocycles. The van der Waals surface area contributed by atoms with E-state index in [4.69, 9.17) is 10.00 Å². The van der Waals surface area contributed by atoms with Crippen LogP contribution in [0, 0.1) is 25.2 Å². The molecule has 7 heteroatoms. The lowest BCUT2D eigenvalue weighted by Crippen LogP contribution is -1.97. The maximum absolute atomic E-state index is 10.0. The zero-order valence-electron chi connectivity index (χ0n) is 16.3. The van der Waals surface area contributed by atoms with Gasteiger partial charge in [0.1, 0.15) is 11.5 Å². The number of anilines is 2. The maximum atomic E-state index is 10.0. The Morgan fingerprint density at radius 3 is 2.52 bits per heavy atom. The van der Waals surface area contributed by atoms with Crippen LogP contribution >= 0.6 is 0 Å². The molecule has 29 heavy (non-hydrogen) atoms. The molecule has 0 saturated carbocycles. The molecule has 0 atom stereocenters. The predicted molar refractivity (Wildman–Crippen MR) is 111 cm³/mol. The molecular weight excluding hydrogens is 366 g/mol. The van der Waals surface area contributed by atoms with Gasteiger partial charge in [0, 0.05) is 17.8 Å². The average Bonchev–Trinajstić information content (AvgIpc) is 3.13. The van der Waals surface area contributed by atoms with Crippen LogP contribution in [0.4, 0.5) is 11.6 Å². The average molecular weight is 385 g/mol. The van der Waals surface area contributed by atoms with Crippen LogP contribution in [0.2, 0.25) is 0 Å². The van der Waals surface area contributed by atoms with E-state index in [0.29, 0.717) is 34.3 Å². The smallest absolute Gasteiger partial charge is 0.247 e. The lowest BCUT2D eigenvalue weighted by atomic mass is 10.0. The molecule has 0 bridgehead atoms. The Balaban J connectivity index is 1.69. The molecule has 144 valence electrons. The third-order valence-corrected chi connectivity index (χ3v) is 4.73. The largest absolute Gasteiger partial charge is 0.507 e. The zero-order chi connectivity index (χ0) is 20.5. The number of phenols is 1. The summed E-state index contributed by atoms with van der Waals surface area (Å²) in [6.07, 6.45) is 1.90. The Bertz CT molecular complexity index is 1250. The Hall–Kier alpha value is -4.05. The van der Waals surface area contributed by atoms with Crippen molar-refractivity contribution in [2.24, 2.45) is 0 Å². The second-order valence-corrected chi connectivity index (χ2v) is 6.77. The van der Waals surface area contributed by atoms with E-state index in [2.05, 4.69) is 21.5 Å². The lowest BCUT2D eigenvalue weighted by Gasteiger charge is -2.08. The third kappa shape index (κ3) is 3.44. The number of hydrogen-bond acceptors (Lipinski definition) is 6. The number of aryl methyl sites for hydroxylation is 2. The molecule has 4 aromatic rings. The number of aromatic hydroxyl groups is 1. The monoisotopic (exact) mass is 385 g/mol. The normalized spacial score (nSPS) is 10.7. The fourth-order valence-corrected chi connectivity index (χ4v) is 3.21. The molecule has 2 N–H and O–H groups in total. The minimum atomic E-state index is 0.318. The summed E-state index contributed by atoms with van der Waals surface area (Å²) in [4.78, 5) is 4.49. The number of nitrogens with zero attached hydrogens (tertiary/aromatic N) is 4. The van der Waals surface area contributed by atoms with E-state index in [1.165, 1.54) is 0 Å². The molecule has 0 fully saturated rings. The first kappa shape index (κ1) is 18.3. The summed E-state index contributed by atoms with van der Waals surface area (Å²) >= 11 is 0. The number of pyridine rings is 1. The fourth-order valence-electron chi connectivity index (χ4n) is 3.21. The van der Waals surface area contributed by atoms with Gasteiger partial charge in [-0.25, -0.2) is 4.52 Å². The van der Waals surface area contributed by atoms with Gasteiger partial charge in [-0.2, -0.15) is 10.2 Å². The maximum Gasteiger partial charge on any atom is 0.247 e. The number of ether oxygens (including phenoxy) is 1. The van der Waals surface area contributed by atoms with E-state index in [1.54, 1.807) is 29.8 Å². The summed E-state index contributed by atoms with van der Waals surface area (Å²) in [6, 6.07) is 15.0. The quantitative estimate of drug-likeness (QED) is 0.542. The number of nitriles is 1. The van der Waals surface area contributed by atoms with Crippen molar-refractivity contribution in [2.75, 3.05) is 12.4 Å². The summed E-state index contributed by atoms with van der Waals surface area (Å²) < 4.78 is 7.05. The van der Waals surface area contributed by atoms with Gasteiger partial charge in [-0.15, -0.1) is 5.10 Å². The molecular formula is C22H19N5O2. The van der Waals surface area contributed by atoms with Crippen LogP contribution in [0.3, 0.4) is 0 Å². The molecule has 0 aliphatic carbocycles. The van der Waals surface area contributed by atoms with Gasteiger partial charge in [-0.3, -0.25) is 0 Å². The van der Waals surface area contributed by atoms with Crippen LogP contribution < -0.4 is 10.1 Å². The second kappa shape index (κ2) is 7.17. The molecule has 0 unspecified atom stereocenters. The fraction of sp³-hybridized carbons (Fsp3) is 0.136. The van der Waals surface area contributed by atoms with Crippen LogP contribution in [-0.2, 0) is 0 Å². The Morgan fingerprint density at radius 1 is 1.07 bits per heavy atom. The molecule has 4 rings (SSSR count). The SMILES string of the molecule is COc1cc(C#N)ccc1Nc1nc2ccc(-c3cc(C)c(O)c(C)c3)cn2n1. The number of aromatic nitrogens is 3. The first-order valence-electron chi connectivity index (χ1n) is 9.00. The van der Waals surface area contributed by atoms with Gasteiger partial charge in [0.25, 0.3) is 0 Å². The molecule has 0 radical (unpaired) electrons. The van der Waals surface area contributed by atoms with E-state index < -0.39 is 0 Å². The number of nitrogens with one attached hydrogen (secondary N) is 1. The number of benzene rings is 2. The van der Waals surface area contributed by atoms with Crippen LogP contribution in [0.1, 0.15) is 16.7 Å². The van der Waals surface area contributed by atoms with Crippen molar-refractivity contribution in [2.45, 2.75) is 13.8 Å². The Labute approximate surface area is 167 Å². The molecule has 0 amide bonds. The minimum Gasteiger partial charge on any atom is -0.507 e. The summed E-state index contributed by atoms with van der Waals surface area (Å²) in [5.41, 5.74) is 5.50. The first-order chi connectivity index (χ1) is 14.0. The van der Waals surface area contributed by atoms with Crippen LogP contribution in [0.25, 0.3) is 16.8 Å². The van der Waals surface area contributed by atoms with E-state index in [9.17, 15) is 5.11 Å². The van der Waals surface area contributed by atoms with E-state index >= 15 is 0 Å². The number of hydrogen-bond donors (Lipinski definition) is 2. The zero-order valence-corrected chi connectivity index (χ0v) is 16.3.